The van der Waals surface area contributed by atoms with Crippen molar-refractivity contribution in [1.29, 1.82) is 0 Å². The van der Waals surface area contributed by atoms with Crippen molar-refractivity contribution >= 4 is 23.6 Å². The molecule has 27 heavy (non-hydrogen) atoms. The number of H-pyrrole nitrogens is 1. The van der Waals surface area contributed by atoms with Gasteiger partial charge in [-0.3, -0.25) is 9.59 Å². The van der Waals surface area contributed by atoms with E-state index in [0.717, 1.165) is 0 Å². The standard InChI is InChI=1S/C19H20N2O6/c1-9-14(19(25)26-4)10(2)21-15(9)16(22)11(3)27-18(24)13-7-5-12(6-8-13)17(20)23/h5-8,11,21H,1-4H3,(H2,20,23). The van der Waals surface area contributed by atoms with Crippen LogP contribution in [0.5, 0.6) is 0 Å². The minimum atomic E-state index is -1.09. The summed E-state index contributed by atoms with van der Waals surface area (Å²) in [5.41, 5.74) is 6.95. The molecule has 0 aliphatic rings. The molecule has 1 unspecified atom stereocenters. The van der Waals surface area contributed by atoms with Crippen molar-refractivity contribution in [1.82, 2.24) is 4.98 Å². The van der Waals surface area contributed by atoms with Crippen LogP contribution in [0.1, 0.15) is 59.7 Å². The minimum absolute atomic E-state index is 0.175. The van der Waals surface area contributed by atoms with Crippen molar-refractivity contribution in [3.05, 3.63) is 57.9 Å². The fourth-order valence-electron chi connectivity index (χ4n) is 2.66. The van der Waals surface area contributed by atoms with Crippen molar-refractivity contribution in [3.63, 3.8) is 0 Å². The minimum Gasteiger partial charge on any atom is -0.465 e. The van der Waals surface area contributed by atoms with Crippen LogP contribution in [-0.4, -0.2) is 41.8 Å². The molecule has 0 spiro atoms. The van der Waals surface area contributed by atoms with Crippen LogP contribution in [0, 0.1) is 13.8 Å². The summed E-state index contributed by atoms with van der Waals surface area (Å²) in [6.45, 7) is 4.69. The zero-order chi connectivity index (χ0) is 20.3. The van der Waals surface area contributed by atoms with E-state index in [4.69, 9.17) is 15.2 Å². The number of carbonyl (C=O) groups is 4. The first-order valence-electron chi connectivity index (χ1n) is 8.09. The number of esters is 2. The Morgan fingerprint density at radius 2 is 1.56 bits per heavy atom. The Bertz CT molecular complexity index is 911. The van der Waals surface area contributed by atoms with E-state index in [0.29, 0.717) is 11.3 Å². The number of aromatic amines is 1. The number of aromatic nitrogens is 1. The number of amides is 1. The molecule has 142 valence electrons. The molecular weight excluding hydrogens is 352 g/mol. The number of hydrogen-bond donors (Lipinski definition) is 2. The molecule has 2 rings (SSSR count). The lowest BCUT2D eigenvalue weighted by Crippen LogP contribution is -2.25. The normalized spacial score (nSPS) is 11.6. The molecule has 8 heteroatoms. The highest BCUT2D eigenvalue weighted by atomic mass is 16.5. The molecule has 0 aliphatic heterocycles. The van der Waals surface area contributed by atoms with Crippen LogP contribution in [0.4, 0.5) is 0 Å². The van der Waals surface area contributed by atoms with Crippen LogP contribution in [0.15, 0.2) is 24.3 Å². The van der Waals surface area contributed by atoms with E-state index in [-0.39, 0.29) is 22.4 Å². The molecule has 0 saturated heterocycles. The topological polar surface area (TPSA) is 129 Å². The first-order valence-corrected chi connectivity index (χ1v) is 8.09. The van der Waals surface area contributed by atoms with Gasteiger partial charge in [-0.15, -0.1) is 0 Å². The molecule has 0 saturated carbocycles. The van der Waals surface area contributed by atoms with Gasteiger partial charge in [0.1, 0.15) is 0 Å². The predicted octanol–water partition coefficient (Wildman–Crippen LogP) is 1.95. The van der Waals surface area contributed by atoms with Crippen molar-refractivity contribution in [2.24, 2.45) is 5.73 Å². The van der Waals surface area contributed by atoms with Crippen LogP contribution in [0.2, 0.25) is 0 Å². The van der Waals surface area contributed by atoms with E-state index in [1.807, 2.05) is 0 Å². The quantitative estimate of drug-likeness (QED) is 0.589. The SMILES string of the molecule is COC(=O)c1c(C)[nH]c(C(=O)C(C)OC(=O)c2ccc(C(N)=O)cc2)c1C. The summed E-state index contributed by atoms with van der Waals surface area (Å²) < 4.78 is 9.91. The highest BCUT2D eigenvalue weighted by Crippen LogP contribution is 2.21. The number of aryl methyl sites for hydroxylation is 1. The third kappa shape index (κ3) is 4.05. The highest BCUT2D eigenvalue weighted by Gasteiger charge is 2.27. The number of methoxy groups -OCH3 is 1. The number of Topliss-reactive ketones (excluding diaryl/α,β-unsaturated/α-hetero) is 1. The monoisotopic (exact) mass is 372 g/mol. The predicted molar refractivity (Wildman–Crippen MR) is 95.8 cm³/mol. The Balaban J connectivity index is 2.17. The second-order valence-corrected chi connectivity index (χ2v) is 5.97. The Labute approximate surface area is 155 Å². The number of benzene rings is 1. The molecule has 1 atom stereocenters. The van der Waals surface area contributed by atoms with Gasteiger partial charge in [0.2, 0.25) is 11.7 Å². The van der Waals surface area contributed by atoms with E-state index in [1.54, 1.807) is 13.8 Å². The Kier molecular flexibility index (Phi) is 5.79. The largest absolute Gasteiger partial charge is 0.465 e. The summed E-state index contributed by atoms with van der Waals surface area (Å²) in [6.07, 6.45) is -1.09. The van der Waals surface area contributed by atoms with Gasteiger partial charge in [0.05, 0.1) is 23.9 Å². The lowest BCUT2D eigenvalue weighted by molar-refractivity contribution is 0.0316. The smallest absolute Gasteiger partial charge is 0.339 e. The van der Waals surface area contributed by atoms with Crippen LogP contribution < -0.4 is 5.73 Å². The molecule has 0 bridgehead atoms. The van der Waals surface area contributed by atoms with Gasteiger partial charge in [-0.05, 0) is 50.6 Å². The van der Waals surface area contributed by atoms with Gasteiger partial charge in [0.15, 0.2) is 6.10 Å². The maximum Gasteiger partial charge on any atom is 0.339 e. The first-order chi connectivity index (χ1) is 12.7. The molecule has 8 nitrogen and oxygen atoms in total. The second kappa shape index (κ2) is 7.86. The third-order valence-corrected chi connectivity index (χ3v) is 4.13. The maximum atomic E-state index is 12.6. The van der Waals surface area contributed by atoms with Gasteiger partial charge < -0.3 is 20.2 Å². The molecule has 0 fully saturated rings. The van der Waals surface area contributed by atoms with E-state index >= 15 is 0 Å². The number of ketones is 1. The van der Waals surface area contributed by atoms with Gasteiger partial charge in [0, 0.05) is 11.3 Å². The zero-order valence-electron chi connectivity index (χ0n) is 15.4. The number of primary amides is 1. The van der Waals surface area contributed by atoms with Crippen molar-refractivity contribution < 1.29 is 28.7 Å². The molecule has 0 aliphatic carbocycles. The summed E-state index contributed by atoms with van der Waals surface area (Å²) in [6, 6.07) is 5.57. The third-order valence-electron chi connectivity index (χ3n) is 4.13. The van der Waals surface area contributed by atoms with Gasteiger partial charge >= 0.3 is 11.9 Å². The number of carbonyl (C=O) groups excluding carboxylic acids is 4. The second-order valence-electron chi connectivity index (χ2n) is 5.97. The number of hydrogen-bond acceptors (Lipinski definition) is 6. The fourth-order valence-corrected chi connectivity index (χ4v) is 2.66. The number of rotatable bonds is 6. The van der Waals surface area contributed by atoms with Gasteiger partial charge in [-0.25, -0.2) is 9.59 Å². The van der Waals surface area contributed by atoms with E-state index < -0.39 is 29.7 Å². The summed E-state index contributed by atoms with van der Waals surface area (Å²) in [4.78, 5) is 50.6. The van der Waals surface area contributed by atoms with Crippen LogP contribution in [-0.2, 0) is 9.47 Å². The lowest BCUT2D eigenvalue weighted by atomic mass is 10.1. The van der Waals surface area contributed by atoms with Gasteiger partial charge in [-0.2, -0.15) is 0 Å². The molecule has 1 aromatic heterocycles. The van der Waals surface area contributed by atoms with Crippen molar-refractivity contribution in [2.45, 2.75) is 26.9 Å². The summed E-state index contributed by atoms with van der Waals surface area (Å²) in [5, 5.41) is 0. The lowest BCUT2D eigenvalue weighted by Gasteiger charge is -2.12. The molecule has 1 aromatic carbocycles. The fraction of sp³-hybridized carbons (Fsp3) is 0.263. The molecule has 0 radical (unpaired) electrons. The molecule has 1 amide bonds. The van der Waals surface area contributed by atoms with E-state index in [2.05, 4.69) is 4.98 Å². The molecular formula is C19H20N2O6. The molecule has 1 heterocycles. The summed E-state index contributed by atoms with van der Waals surface area (Å²) >= 11 is 0. The average Bonchev–Trinajstić information content (AvgIpc) is 2.94. The van der Waals surface area contributed by atoms with Crippen LogP contribution in [0.25, 0.3) is 0 Å². The number of nitrogens with one attached hydrogen (secondary N) is 1. The van der Waals surface area contributed by atoms with E-state index in [9.17, 15) is 19.2 Å². The average molecular weight is 372 g/mol. The summed E-state index contributed by atoms with van der Waals surface area (Å²) in [5.74, 6) is -2.37. The van der Waals surface area contributed by atoms with E-state index in [1.165, 1.54) is 38.3 Å². The first kappa shape index (κ1) is 19.9. The Hall–Kier alpha value is -3.42. The zero-order valence-corrected chi connectivity index (χ0v) is 15.4. The number of ether oxygens (including phenoxy) is 2. The van der Waals surface area contributed by atoms with Crippen molar-refractivity contribution in [2.75, 3.05) is 7.11 Å². The molecule has 3 N–H and O–H groups in total. The highest BCUT2D eigenvalue weighted by molar-refractivity contribution is 6.04. The van der Waals surface area contributed by atoms with Gasteiger partial charge in [0.25, 0.3) is 0 Å². The van der Waals surface area contributed by atoms with Crippen LogP contribution in [0.3, 0.4) is 0 Å². The summed E-state index contributed by atoms with van der Waals surface area (Å²) in [7, 11) is 1.25. The Morgan fingerprint density at radius 3 is 2.07 bits per heavy atom. The van der Waals surface area contributed by atoms with Gasteiger partial charge in [-0.1, -0.05) is 0 Å². The maximum absolute atomic E-state index is 12.6. The Morgan fingerprint density at radius 1 is 1.00 bits per heavy atom. The number of nitrogens with two attached hydrogens (primary N) is 1. The van der Waals surface area contributed by atoms with Crippen molar-refractivity contribution in [3.8, 4) is 0 Å². The molecule has 2 aromatic rings. The van der Waals surface area contributed by atoms with Crippen LogP contribution >= 0.6 is 0 Å².